The highest BCUT2D eigenvalue weighted by Crippen LogP contribution is 2.54. The van der Waals surface area contributed by atoms with Gasteiger partial charge in [-0.05, 0) is 74.6 Å². The minimum Gasteiger partial charge on any atom is -0.496 e. The van der Waals surface area contributed by atoms with Crippen molar-refractivity contribution in [2.45, 2.75) is 64.5 Å². The van der Waals surface area contributed by atoms with Crippen LogP contribution in [-0.2, 0) is 11.3 Å². The van der Waals surface area contributed by atoms with E-state index in [1.165, 1.54) is 13.2 Å². The molecule has 26 heteroatoms. The molecular formula is C40H39F11N4O11. The molecule has 0 saturated heterocycles. The fourth-order valence-corrected chi connectivity index (χ4v) is 6.00. The number of anilines is 2. The van der Waals surface area contributed by atoms with Crippen LogP contribution in [0.5, 0.6) is 23.0 Å². The van der Waals surface area contributed by atoms with Gasteiger partial charge in [0.1, 0.15) is 17.1 Å². The van der Waals surface area contributed by atoms with Crippen molar-refractivity contribution in [2.24, 2.45) is 0 Å². The SMILES string of the molecule is COc1ccc([N+](=O)[O-])c(OC)c1C(=O)Nc1c(C)cc(C(F)(C(F)(F)F)C(F)(F)F)cc1C.COc1ccc([N+](=O)[O-])c(OC)c1C(=O)O.Cc1cc(C(C)(F)C(F)(F)F)cc(C)c1N. The molecule has 0 aliphatic carbocycles. The van der Waals surface area contributed by atoms with Gasteiger partial charge in [-0.15, -0.1) is 0 Å². The Morgan fingerprint density at radius 1 is 0.606 bits per heavy atom. The van der Waals surface area contributed by atoms with Crippen molar-refractivity contribution in [3.63, 3.8) is 0 Å². The summed E-state index contributed by atoms with van der Waals surface area (Å²) in [6.45, 7) is 5.73. The number of benzene rings is 4. The first-order valence-electron chi connectivity index (χ1n) is 18.0. The number of nitrogens with two attached hydrogens (primary N) is 1. The van der Waals surface area contributed by atoms with Crippen LogP contribution in [0.1, 0.15) is 61.0 Å². The molecule has 1 atom stereocenters. The number of carbonyl (C=O) groups is 2. The maximum absolute atomic E-state index is 14.4. The summed E-state index contributed by atoms with van der Waals surface area (Å²) in [4.78, 5) is 44.2. The van der Waals surface area contributed by atoms with Gasteiger partial charge in [0.2, 0.25) is 17.2 Å². The number of carboxylic acid groups (broad SMARTS) is 1. The molecule has 0 aromatic heterocycles. The van der Waals surface area contributed by atoms with E-state index in [0.717, 1.165) is 65.5 Å². The van der Waals surface area contributed by atoms with Gasteiger partial charge in [0, 0.05) is 29.1 Å². The molecule has 362 valence electrons. The fourth-order valence-electron chi connectivity index (χ4n) is 6.00. The summed E-state index contributed by atoms with van der Waals surface area (Å²) in [5, 5.41) is 33.1. The number of alkyl halides is 11. The van der Waals surface area contributed by atoms with Crippen LogP contribution in [0.2, 0.25) is 0 Å². The zero-order valence-corrected chi connectivity index (χ0v) is 35.8. The van der Waals surface area contributed by atoms with Crippen LogP contribution in [0.25, 0.3) is 0 Å². The second kappa shape index (κ2) is 20.4. The van der Waals surface area contributed by atoms with Crippen molar-refractivity contribution in [3.8, 4) is 23.0 Å². The number of aromatic carboxylic acids is 1. The van der Waals surface area contributed by atoms with Crippen LogP contribution in [0.4, 0.5) is 71.0 Å². The summed E-state index contributed by atoms with van der Waals surface area (Å²) in [5.41, 5.74) is -6.98. The number of rotatable bonds is 11. The number of amides is 1. The van der Waals surface area contributed by atoms with E-state index in [9.17, 15) is 78.1 Å². The number of ether oxygens (including phenoxy) is 4. The molecule has 0 spiro atoms. The van der Waals surface area contributed by atoms with E-state index >= 15 is 0 Å². The minimum absolute atomic E-state index is 0.00921. The molecule has 0 saturated carbocycles. The summed E-state index contributed by atoms with van der Waals surface area (Å²) in [6.07, 6.45) is -17.5. The molecule has 4 aromatic rings. The predicted molar refractivity (Wildman–Crippen MR) is 213 cm³/mol. The molecule has 0 aliphatic heterocycles. The molecule has 4 rings (SSSR count). The number of carbonyl (C=O) groups excluding carboxylic acids is 1. The number of methoxy groups -OCH3 is 4. The highest BCUT2D eigenvalue weighted by atomic mass is 19.4. The topological polar surface area (TPSA) is 216 Å². The summed E-state index contributed by atoms with van der Waals surface area (Å²) >= 11 is 0. The second-order valence-corrected chi connectivity index (χ2v) is 13.8. The summed E-state index contributed by atoms with van der Waals surface area (Å²) in [7, 11) is 4.62. The molecule has 4 N–H and O–H groups in total. The molecular weight excluding hydrogens is 921 g/mol. The number of hydrogen-bond acceptors (Lipinski definition) is 11. The Balaban J connectivity index is 0.000000387. The Hall–Kier alpha value is -7.15. The standard InChI is InChI=1S/C20H17F7N2O5.C11H13F4N.C9H9NO6/c1-9-7-11(18(21,19(22,23)24)20(25,26)27)8-10(2)15(9)28-17(30)14-13(33-3)6-5-12(29(31)32)16(14)34-4;1-6-4-8(5-7(2)9(6)16)10(3,12)11(13,14)15;1-15-6-4-3-5(10(13)14)8(16-2)7(6)9(11)12/h5-8H,1-4H3,(H,28,30);4-5H,16H2,1-3H3;3-4H,1-2H3,(H,11,12). The Labute approximate surface area is 366 Å². The van der Waals surface area contributed by atoms with Crippen molar-refractivity contribution < 1.29 is 91.8 Å². The first kappa shape index (κ1) is 55.0. The van der Waals surface area contributed by atoms with Crippen LogP contribution in [0, 0.1) is 47.9 Å². The average Bonchev–Trinajstić information content (AvgIpc) is 3.21. The number of aryl methyl sites for hydroxylation is 4. The van der Waals surface area contributed by atoms with Gasteiger partial charge in [-0.1, -0.05) is 24.3 Å². The van der Waals surface area contributed by atoms with Crippen molar-refractivity contribution >= 4 is 34.6 Å². The Bertz CT molecular complexity index is 2430. The van der Waals surface area contributed by atoms with Gasteiger partial charge in [0.05, 0.1) is 38.3 Å². The Kier molecular flexibility index (Phi) is 17.0. The van der Waals surface area contributed by atoms with Gasteiger partial charge >= 0.3 is 41.5 Å². The van der Waals surface area contributed by atoms with E-state index in [1.807, 2.05) is 0 Å². The third kappa shape index (κ3) is 11.2. The molecule has 15 nitrogen and oxygen atoms in total. The monoisotopic (exact) mass is 960 g/mol. The molecule has 0 aliphatic rings. The maximum Gasteiger partial charge on any atom is 0.435 e. The van der Waals surface area contributed by atoms with E-state index < -0.39 is 85.4 Å². The number of nitro benzene ring substituents is 2. The van der Waals surface area contributed by atoms with E-state index in [4.69, 9.17) is 29.8 Å². The van der Waals surface area contributed by atoms with Crippen LogP contribution in [-0.4, -0.2) is 73.8 Å². The molecule has 0 fully saturated rings. The quantitative estimate of drug-likeness (QED) is 0.0554. The third-order valence-corrected chi connectivity index (χ3v) is 9.50. The number of nitrogens with one attached hydrogen (secondary N) is 1. The minimum atomic E-state index is -6.31. The van der Waals surface area contributed by atoms with Crippen molar-refractivity contribution in [2.75, 3.05) is 39.5 Å². The number of carboxylic acids is 1. The van der Waals surface area contributed by atoms with Crippen LogP contribution in [0.15, 0.2) is 48.5 Å². The van der Waals surface area contributed by atoms with Gasteiger partial charge in [-0.25, -0.2) is 13.6 Å². The largest absolute Gasteiger partial charge is 0.496 e. The molecule has 0 heterocycles. The van der Waals surface area contributed by atoms with Crippen molar-refractivity contribution in [1.29, 1.82) is 0 Å². The molecule has 1 amide bonds. The lowest BCUT2D eigenvalue weighted by atomic mass is 9.90. The molecule has 1 unspecified atom stereocenters. The fraction of sp³-hybridized carbons (Fsp3) is 0.350. The zero-order valence-electron chi connectivity index (χ0n) is 35.8. The van der Waals surface area contributed by atoms with Crippen molar-refractivity contribution in [1.82, 2.24) is 0 Å². The average molecular weight is 961 g/mol. The number of hydrogen-bond donors (Lipinski definition) is 3. The first-order chi connectivity index (χ1) is 30.1. The predicted octanol–water partition coefficient (Wildman–Crippen LogP) is 10.7. The second-order valence-electron chi connectivity index (χ2n) is 13.8. The third-order valence-electron chi connectivity index (χ3n) is 9.50. The molecule has 66 heavy (non-hydrogen) atoms. The summed E-state index contributed by atoms with van der Waals surface area (Å²) in [5.74, 6) is -3.40. The maximum atomic E-state index is 14.4. The lowest BCUT2D eigenvalue weighted by Crippen LogP contribution is -2.50. The lowest BCUT2D eigenvalue weighted by Gasteiger charge is -2.31. The molecule has 4 aromatic carbocycles. The summed E-state index contributed by atoms with van der Waals surface area (Å²) < 4.78 is 164. The Morgan fingerprint density at radius 2 is 0.970 bits per heavy atom. The van der Waals surface area contributed by atoms with Gasteiger partial charge in [0.15, 0.2) is 5.56 Å². The number of nitro groups is 2. The smallest absolute Gasteiger partial charge is 0.435 e. The zero-order chi connectivity index (χ0) is 51.2. The van der Waals surface area contributed by atoms with Gasteiger partial charge < -0.3 is 35.1 Å². The molecule has 0 radical (unpaired) electrons. The van der Waals surface area contributed by atoms with E-state index in [0.29, 0.717) is 35.9 Å². The van der Waals surface area contributed by atoms with Crippen LogP contribution >= 0.6 is 0 Å². The van der Waals surface area contributed by atoms with Crippen molar-refractivity contribution in [3.05, 3.63) is 113 Å². The number of nitrogens with zero attached hydrogens (tertiary/aromatic N) is 2. The van der Waals surface area contributed by atoms with Gasteiger partial charge in [-0.3, -0.25) is 25.0 Å². The molecule has 0 bridgehead atoms. The van der Waals surface area contributed by atoms with Crippen LogP contribution in [0.3, 0.4) is 0 Å². The van der Waals surface area contributed by atoms with Gasteiger partial charge in [0.25, 0.3) is 5.91 Å². The summed E-state index contributed by atoms with van der Waals surface area (Å²) in [6, 6.07) is 7.34. The lowest BCUT2D eigenvalue weighted by molar-refractivity contribution is -0.385. The van der Waals surface area contributed by atoms with Crippen LogP contribution < -0.4 is 30.0 Å². The first-order valence-corrected chi connectivity index (χ1v) is 18.0. The van der Waals surface area contributed by atoms with Gasteiger partial charge in [-0.2, -0.15) is 39.5 Å². The Morgan fingerprint density at radius 3 is 1.29 bits per heavy atom. The van der Waals surface area contributed by atoms with E-state index in [2.05, 4.69) is 5.32 Å². The normalized spacial score (nSPS) is 12.5. The number of nitrogen functional groups attached to an aromatic ring is 1. The highest BCUT2D eigenvalue weighted by Gasteiger charge is 2.73. The van der Waals surface area contributed by atoms with E-state index in [-0.39, 0.29) is 39.6 Å². The number of halogens is 11. The van der Waals surface area contributed by atoms with E-state index in [1.54, 1.807) is 13.8 Å². The highest BCUT2D eigenvalue weighted by molar-refractivity contribution is 6.09.